The van der Waals surface area contributed by atoms with Gasteiger partial charge in [-0.1, -0.05) is 5.16 Å². The highest BCUT2D eigenvalue weighted by Crippen LogP contribution is 2.29. The first-order valence-corrected chi connectivity index (χ1v) is 6.32. The maximum absolute atomic E-state index is 8.84. The average molecular weight is 264 g/mol. The van der Waals surface area contributed by atoms with Gasteiger partial charge in [0.25, 0.3) is 0 Å². The second kappa shape index (κ2) is 5.44. The average Bonchev–Trinajstić information content (AvgIpc) is 2.46. The van der Waals surface area contributed by atoms with E-state index in [-0.39, 0.29) is 11.4 Å². The fourth-order valence-electron chi connectivity index (χ4n) is 2.47. The van der Waals surface area contributed by atoms with Crippen molar-refractivity contribution in [3.8, 4) is 0 Å². The molecule has 6 nitrogen and oxygen atoms in total. The van der Waals surface area contributed by atoms with Crippen molar-refractivity contribution in [2.75, 3.05) is 25.1 Å². The summed E-state index contributed by atoms with van der Waals surface area (Å²) >= 11 is 0. The molecular formula is C13H20N4O2. The van der Waals surface area contributed by atoms with Crippen LogP contribution >= 0.6 is 0 Å². The van der Waals surface area contributed by atoms with Crippen LogP contribution in [0.25, 0.3) is 0 Å². The molecule has 0 saturated carbocycles. The Kier molecular flexibility index (Phi) is 3.90. The predicted molar refractivity (Wildman–Crippen MR) is 73.6 cm³/mol. The third-order valence-electron chi connectivity index (χ3n) is 3.63. The predicted octanol–water partition coefficient (Wildman–Crippen LogP) is 1.18. The van der Waals surface area contributed by atoms with Crippen LogP contribution in [0.1, 0.15) is 25.5 Å². The molecule has 0 radical (unpaired) electrons. The number of piperidine rings is 1. The molecule has 19 heavy (non-hydrogen) atoms. The van der Waals surface area contributed by atoms with E-state index in [9.17, 15) is 0 Å². The van der Waals surface area contributed by atoms with E-state index < -0.39 is 0 Å². The number of oxime groups is 1. The summed E-state index contributed by atoms with van der Waals surface area (Å²) in [6, 6.07) is 3.78. The highest BCUT2D eigenvalue weighted by Gasteiger charge is 2.32. The van der Waals surface area contributed by atoms with E-state index in [1.165, 1.54) is 0 Å². The summed E-state index contributed by atoms with van der Waals surface area (Å²) in [5.74, 6) is 0.0280. The maximum atomic E-state index is 8.84. The molecule has 0 amide bonds. The standard InChI is InChI=1S/C13H20N4O2/c1-13(19-2)6-4-8-17(9-13)10-5-3-7-15-11(10)12(14)16-18/h3,5,7,18H,4,6,8-9H2,1-2H3,(H2,14,16). The number of pyridine rings is 1. The van der Waals surface area contributed by atoms with Gasteiger partial charge in [-0.2, -0.15) is 0 Å². The maximum Gasteiger partial charge on any atom is 0.190 e. The summed E-state index contributed by atoms with van der Waals surface area (Å²) in [5.41, 5.74) is 6.89. The molecule has 0 aromatic carbocycles. The van der Waals surface area contributed by atoms with Gasteiger partial charge >= 0.3 is 0 Å². The van der Waals surface area contributed by atoms with Crippen molar-refractivity contribution in [2.45, 2.75) is 25.4 Å². The van der Waals surface area contributed by atoms with Crippen LogP contribution in [0.15, 0.2) is 23.5 Å². The Balaban J connectivity index is 2.32. The van der Waals surface area contributed by atoms with Crippen LogP contribution in [0, 0.1) is 0 Å². The van der Waals surface area contributed by atoms with Gasteiger partial charge in [0, 0.05) is 26.4 Å². The Morgan fingerprint density at radius 2 is 2.42 bits per heavy atom. The van der Waals surface area contributed by atoms with Crippen molar-refractivity contribution in [2.24, 2.45) is 10.9 Å². The van der Waals surface area contributed by atoms with Gasteiger partial charge in [0.2, 0.25) is 0 Å². The van der Waals surface area contributed by atoms with Crippen LogP contribution in [0.5, 0.6) is 0 Å². The number of aromatic nitrogens is 1. The Morgan fingerprint density at radius 3 is 3.11 bits per heavy atom. The zero-order valence-corrected chi connectivity index (χ0v) is 11.3. The SMILES string of the molecule is COC1(C)CCCN(c2cccnc2/C(N)=N/O)C1. The molecule has 1 aromatic rings. The molecule has 6 heteroatoms. The Bertz CT molecular complexity index is 477. The first-order valence-electron chi connectivity index (χ1n) is 6.32. The molecule has 1 aromatic heterocycles. The Hall–Kier alpha value is -1.82. The van der Waals surface area contributed by atoms with Crippen molar-refractivity contribution < 1.29 is 9.94 Å². The van der Waals surface area contributed by atoms with Gasteiger partial charge in [-0.25, -0.2) is 0 Å². The van der Waals surface area contributed by atoms with Crippen LogP contribution in [-0.4, -0.2) is 41.8 Å². The van der Waals surface area contributed by atoms with E-state index in [1.54, 1.807) is 13.3 Å². The smallest absolute Gasteiger partial charge is 0.190 e. The second-order valence-corrected chi connectivity index (χ2v) is 5.04. The zero-order valence-electron chi connectivity index (χ0n) is 11.3. The fraction of sp³-hybridized carbons (Fsp3) is 0.538. The molecule has 104 valence electrons. The van der Waals surface area contributed by atoms with E-state index in [1.807, 2.05) is 12.1 Å². The largest absolute Gasteiger partial charge is 0.409 e. The van der Waals surface area contributed by atoms with Crippen molar-refractivity contribution in [3.63, 3.8) is 0 Å². The number of nitrogens with two attached hydrogens (primary N) is 1. The fourth-order valence-corrected chi connectivity index (χ4v) is 2.47. The lowest BCUT2D eigenvalue weighted by Crippen LogP contribution is -2.48. The van der Waals surface area contributed by atoms with Gasteiger partial charge in [0.1, 0.15) is 5.69 Å². The van der Waals surface area contributed by atoms with Gasteiger partial charge in [0.05, 0.1) is 11.3 Å². The van der Waals surface area contributed by atoms with Gasteiger partial charge in [-0.3, -0.25) is 4.98 Å². The lowest BCUT2D eigenvalue weighted by molar-refractivity contribution is -0.00467. The molecule has 0 bridgehead atoms. The molecule has 1 fully saturated rings. The summed E-state index contributed by atoms with van der Waals surface area (Å²) in [4.78, 5) is 6.37. The van der Waals surface area contributed by atoms with E-state index >= 15 is 0 Å². The van der Waals surface area contributed by atoms with E-state index in [0.717, 1.165) is 31.6 Å². The second-order valence-electron chi connectivity index (χ2n) is 5.04. The number of hydrogen-bond acceptors (Lipinski definition) is 5. The number of anilines is 1. The highest BCUT2D eigenvalue weighted by molar-refractivity contribution is 6.00. The van der Waals surface area contributed by atoms with Crippen LogP contribution in [-0.2, 0) is 4.74 Å². The number of methoxy groups -OCH3 is 1. The molecule has 1 saturated heterocycles. The van der Waals surface area contributed by atoms with Crippen molar-refractivity contribution in [1.82, 2.24) is 4.98 Å². The minimum Gasteiger partial charge on any atom is -0.409 e. The molecule has 2 rings (SSSR count). The van der Waals surface area contributed by atoms with E-state index in [2.05, 4.69) is 22.0 Å². The van der Waals surface area contributed by atoms with Crippen molar-refractivity contribution in [3.05, 3.63) is 24.0 Å². The quantitative estimate of drug-likeness (QED) is 0.371. The van der Waals surface area contributed by atoms with Crippen LogP contribution < -0.4 is 10.6 Å². The zero-order chi connectivity index (χ0) is 13.9. The molecule has 2 heterocycles. The summed E-state index contributed by atoms with van der Waals surface area (Å²) < 4.78 is 5.58. The molecule has 1 aliphatic heterocycles. The lowest BCUT2D eigenvalue weighted by Gasteiger charge is -2.41. The molecular weight excluding hydrogens is 244 g/mol. The number of hydrogen-bond donors (Lipinski definition) is 2. The third kappa shape index (κ3) is 2.78. The molecule has 0 spiro atoms. The number of ether oxygens (including phenoxy) is 1. The highest BCUT2D eigenvalue weighted by atomic mass is 16.5. The Morgan fingerprint density at radius 1 is 1.63 bits per heavy atom. The monoisotopic (exact) mass is 264 g/mol. The van der Waals surface area contributed by atoms with Gasteiger partial charge in [-0.05, 0) is 31.9 Å². The molecule has 3 N–H and O–H groups in total. The van der Waals surface area contributed by atoms with E-state index in [0.29, 0.717) is 5.69 Å². The summed E-state index contributed by atoms with van der Waals surface area (Å²) in [7, 11) is 1.73. The molecule has 1 aliphatic rings. The van der Waals surface area contributed by atoms with Gasteiger partial charge in [-0.15, -0.1) is 0 Å². The van der Waals surface area contributed by atoms with Gasteiger partial charge < -0.3 is 20.6 Å². The minimum absolute atomic E-state index is 0.0280. The number of rotatable bonds is 3. The summed E-state index contributed by atoms with van der Waals surface area (Å²) in [5, 5.41) is 11.9. The van der Waals surface area contributed by atoms with Crippen LogP contribution in [0.3, 0.4) is 0 Å². The molecule has 0 aliphatic carbocycles. The number of nitrogens with zero attached hydrogens (tertiary/aromatic N) is 3. The first kappa shape index (κ1) is 13.6. The molecule has 1 atom stereocenters. The number of amidine groups is 1. The summed E-state index contributed by atoms with van der Waals surface area (Å²) in [6.07, 6.45) is 3.70. The lowest BCUT2D eigenvalue weighted by atomic mass is 9.94. The first-order chi connectivity index (χ1) is 9.09. The van der Waals surface area contributed by atoms with Crippen molar-refractivity contribution in [1.29, 1.82) is 0 Å². The van der Waals surface area contributed by atoms with Crippen LogP contribution in [0.4, 0.5) is 5.69 Å². The van der Waals surface area contributed by atoms with E-state index in [4.69, 9.17) is 15.7 Å². The normalized spacial score (nSPS) is 24.5. The minimum atomic E-state index is -0.170. The third-order valence-corrected chi connectivity index (χ3v) is 3.63. The summed E-state index contributed by atoms with van der Waals surface area (Å²) in [6.45, 7) is 3.77. The molecule has 1 unspecified atom stereocenters. The van der Waals surface area contributed by atoms with Crippen molar-refractivity contribution >= 4 is 11.5 Å². The van der Waals surface area contributed by atoms with Gasteiger partial charge in [0.15, 0.2) is 5.84 Å². The topological polar surface area (TPSA) is 84.0 Å². The Labute approximate surface area is 112 Å². The van der Waals surface area contributed by atoms with Crippen LogP contribution in [0.2, 0.25) is 0 Å².